The molecule has 0 aromatic carbocycles. The number of anilines is 1. The van der Waals surface area contributed by atoms with Crippen molar-refractivity contribution in [2.75, 3.05) is 12.3 Å². The first-order valence-corrected chi connectivity index (χ1v) is 5.12. The van der Waals surface area contributed by atoms with Gasteiger partial charge in [-0.1, -0.05) is 6.92 Å². The minimum atomic E-state index is -0.487. The molecule has 16 heavy (non-hydrogen) atoms. The Labute approximate surface area is 94.4 Å². The number of ether oxygens (including phenoxy) is 1. The molecule has 1 aromatic heterocycles. The van der Waals surface area contributed by atoms with Crippen LogP contribution in [0.5, 0.6) is 0 Å². The first-order chi connectivity index (χ1) is 7.58. The minimum absolute atomic E-state index is 0.209. The van der Waals surface area contributed by atoms with Gasteiger partial charge in [-0.3, -0.25) is 0 Å². The van der Waals surface area contributed by atoms with E-state index in [0.29, 0.717) is 12.0 Å². The van der Waals surface area contributed by atoms with Gasteiger partial charge in [0.25, 0.3) is 0 Å². The molecule has 2 N–H and O–H groups in total. The number of rotatable bonds is 3. The fraction of sp³-hybridized carbons (Fsp3) is 0.455. The van der Waals surface area contributed by atoms with Gasteiger partial charge in [-0.25, -0.2) is 4.79 Å². The molecule has 0 amide bonds. The van der Waals surface area contributed by atoms with Gasteiger partial charge in [-0.05, 0) is 13.3 Å². The summed E-state index contributed by atoms with van der Waals surface area (Å²) >= 11 is 0. The second-order valence-corrected chi connectivity index (χ2v) is 3.33. The van der Waals surface area contributed by atoms with Crippen LogP contribution in [-0.2, 0) is 18.2 Å². The Kier molecular flexibility index (Phi) is 3.56. The van der Waals surface area contributed by atoms with Crippen molar-refractivity contribution in [3.8, 4) is 6.07 Å². The molecule has 0 unspecified atom stereocenters. The maximum absolute atomic E-state index is 11.7. The number of nitriles is 1. The van der Waals surface area contributed by atoms with Crippen LogP contribution >= 0.6 is 0 Å². The number of esters is 1. The van der Waals surface area contributed by atoms with E-state index in [1.807, 2.05) is 13.0 Å². The highest BCUT2D eigenvalue weighted by Crippen LogP contribution is 2.25. The monoisotopic (exact) mass is 221 g/mol. The third-order valence-electron chi connectivity index (χ3n) is 2.47. The van der Waals surface area contributed by atoms with Gasteiger partial charge in [-0.2, -0.15) is 5.26 Å². The number of nitrogens with two attached hydrogens (primary N) is 1. The number of aromatic nitrogens is 1. The maximum atomic E-state index is 11.7. The second kappa shape index (κ2) is 4.71. The second-order valence-electron chi connectivity index (χ2n) is 3.33. The predicted octanol–water partition coefficient (Wildman–Crippen LogP) is 1.22. The summed E-state index contributed by atoms with van der Waals surface area (Å²) in [5, 5.41) is 8.98. The molecule has 1 heterocycles. The van der Waals surface area contributed by atoms with Crippen LogP contribution < -0.4 is 5.73 Å². The normalized spacial score (nSPS) is 9.88. The molecular formula is C11H15N3O2. The van der Waals surface area contributed by atoms with E-state index in [2.05, 4.69) is 0 Å². The van der Waals surface area contributed by atoms with E-state index in [1.54, 1.807) is 18.5 Å². The molecule has 86 valence electrons. The lowest BCUT2D eigenvalue weighted by atomic mass is 10.2. The van der Waals surface area contributed by atoms with Gasteiger partial charge in [0.05, 0.1) is 17.9 Å². The highest BCUT2D eigenvalue weighted by Gasteiger charge is 2.23. The maximum Gasteiger partial charge on any atom is 0.357 e. The van der Waals surface area contributed by atoms with Crippen molar-refractivity contribution >= 4 is 11.7 Å². The van der Waals surface area contributed by atoms with E-state index in [4.69, 9.17) is 15.7 Å². The standard InChI is InChI=1S/C11H15N3O2/c1-4-8-7(6-12)9(13)10(14(8)3)11(15)16-5-2/h4-5,13H2,1-3H3. The van der Waals surface area contributed by atoms with Crippen molar-refractivity contribution in [3.05, 3.63) is 17.0 Å². The molecule has 1 rings (SSSR count). The molecule has 1 aromatic rings. The fourth-order valence-corrected chi connectivity index (χ4v) is 1.74. The van der Waals surface area contributed by atoms with Crippen molar-refractivity contribution in [3.63, 3.8) is 0 Å². The number of hydrogen-bond acceptors (Lipinski definition) is 4. The lowest BCUT2D eigenvalue weighted by Crippen LogP contribution is -2.12. The fourth-order valence-electron chi connectivity index (χ4n) is 1.74. The molecule has 0 saturated carbocycles. The van der Waals surface area contributed by atoms with Crippen LogP contribution in [0.1, 0.15) is 35.6 Å². The molecule has 0 radical (unpaired) electrons. The summed E-state index contributed by atoms with van der Waals surface area (Å²) in [6.07, 6.45) is 0.642. The average Bonchev–Trinajstić information content (AvgIpc) is 2.49. The minimum Gasteiger partial charge on any atom is -0.461 e. The van der Waals surface area contributed by atoms with Crippen molar-refractivity contribution in [1.82, 2.24) is 4.57 Å². The van der Waals surface area contributed by atoms with Gasteiger partial charge in [0.2, 0.25) is 0 Å². The third kappa shape index (κ3) is 1.74. The predicted molar refractivity (Wildman–Crippen MR) is 59.9 cm³/mol. The topological polar surface area (TPSA) is 81.0 Å². The summed E-state index contributed by atoms with van der Waals surface area (Å²) in [6.45, 7) is 3.92. The van der Waals surface area contributed by atoms with E-state index in [0.717, 1.165) is 5.69 Å². The first kappa shape index (κ1) is 12.1. The van der Waals surface area contributed by atoms with E-state index in [-0.39, 0.29) is 18.0 Å². The Morgan fingerprint density at radius 3 is 2.56 bits per heavy atom. The quantitative estimate of drug-likeness (QED) is 0.778. The summed E-state index contributed by atoms with van der Waals surface area (Å²) in [5.74, 6) is -0.487. The first-order valence-electron chi connectivity index (χ1n) is 5.12. The van der Waals surface area contributed by atoms with Gasteiger partial charge in [0.1, 0.15) is 6.07 Å². The van der Waals surface area contributed by atoms with Crippen LogP contribution in [0.25, 0.3) is 0 Å². The summed E-state index contributed by atoms with van der Waals surface area (Å²) in [7, 11) is 1.71. The van der Waals surface area contributed by atoms with E-state index < -0.39 is 5.97 Å². The highest BCUT2D eigenvalue weighted by atomic mass is 16.5. The molecule has 5 nitrogen and oxygen atoms in total. The lowest BCUT2D eigenvalue weighted by Gasteiger charge is -2.05. The van der Waals surface area contributed by atoms with Crippen LogP contribution in [0.3, 0.4) is 0 Å². The molecule has 0 aliphatic heterocycles. The average molecular weight is 221 g/mol. The number of nitrogens with zero attached hydrogens (tertiary/aromatic N) is 2. The smallest absolute Gasteiger partial charge is 0.357 e. The molecule has 0 saturated heterocycles. The Balaban J connectivity index is 3.36. The van der Waals surface area contributed by atoms with Crippen molar-refractivity contribution in [1.29, 1.82) is 5.26 Å². The number of hydrogen-bond donors (Lipinski definition) is 1. The van der Waals surface area contributed by atoms with Gasteiger partial charge < -0.3 is 15.0 Å². The molecule has 0 aliphatic rings. The van der Waals surface area contributed by atoms with E-state index >= 15 is 0 Å². The van der Waals surface area contributed by atoms with Gasteiger partial charge in [0.15, 0.2) is 5.69 Å². The van der Waals surface area contributed by atoms with Crippen LogP contribution in [0.4, 0.5) is 5.69 Å². The molecule has 0 aliphatic carbocycles. The Morgan fingerprint density at radius 1 is 1.56 bits per heavy atom. The zero-order valence-electron chi connectivity index (χ0n) is 9.70. The summed E-state index contributed by atoms with van der Waals surface area (Å²) < 4.78 is 6.53. The van der Waals surface area contributed by atoms with Crippen molar-refractivity contribution in [2.24, 2.45) is 7.05 Å². The lowest BCUT2D eigenvalue weighted by molar-refractivity contribution is 0.0516. The molecule has 0 spiro atoms. The van der Waals surface area contributed by atoms with Crippen LogP contribution in [-0.4, -0.2) is 17.1 Å². The van der Waals surface area contributed by atoms with E-state index in [9.17, 15) is 4.79 Å². The van der Waals surface area contributed by atoms with Crippen LogP contribution in [0.15, 0.2) is 0 Å². The van der Waals surface area contributed by atoms with Crippen LogP contribution in [0.2, 0.25) is 0 Å². The number of carbonyl (C=O) groups excluding carboxylic acids is 1. The summed E-state index contributed by atoms with van der Waals surface area (Å²) in [6, 6.07) is 2.02. The van der Waals surface area contributed by atoms with Crippen LogP contribution in [0, 0.1) is 11.3 Å². The van der Waals surface area contributed by atoms with Crippen molar-refractivity contribution in [2.45, 2.75) is 20.3 Å². The van der Waals surface area contributed by atoms with Gasteiger partial charge >= 0.3 is 5.97 Å². The Bertz CT molecular complexity index is 455. The number of nitrogen functional groups attached to an aromatic ring is 1. The zero-order chi connectivity index (χ0) is 12.3. The molecule has 0 atom stereocenters. The zero-order valence-corrected chi connectivity index (χ0v) is 9.70. The molecule has 0 bridgehead atoms. The summed E-state index contributed by atoms with van der Waals surface area (Å²) in [5.41, 5.74) is 7.37. The Morgan fingerprint density at radius 2 is 2.19 bits per heavy atom. The van der Waals surface area contributed by atoms with E-state index in [1.165, 1.54) is 0 Å². The number of carbonyl (C=O) groups is 1. The van der Waals surface area contributed by atoms with Gasteiger partial charge in [-0.15, -0.1) is 0 Å². The molecular weight excluding hydrogens is 206 g/mol. The SMILES string of the molecule is CCOC(=O)c1c(N)c(C#N)c(CC)n1C. The summed E-state index contributed by atoms with van der Waals surface area (Å²) in [4.78, 5) is 11.7. The third-order valence-corrected chi connectivity index (χ3v) is 2.47. The highest BCUT2D eigenvalue weighted by molar-refractivity contribution is 5.95. The van der Waals surface area contributed by atoms with Crippen molar-refractivity contribution < 1.29 is 9.53 Å². The molecule has 0 fully saturated rings. The largest absolute Gasteiger partial charge is 0.461 e. The van der Waals surface area contributed by atoms with Gasteiger partial charge in [0, 0.05) is 12.7 Å². The molecule has 5 heteroatoms. The Hall–Kier alpha value is -1.96.